The SMILES string of the molecule is CC(C)(C)c1nc2c(Cl)ccc(F)c2c(=O)n1C(C)(C)C. The van der Waals surface area contributed by atoms with Crippen molar-refractivity contribution in [1.82, 2.24) is 9.55 Å². The lowest BCUT2D eigenvalue weighted by atomic mass is 9.93. The predicted octanol–water partition coefficient (Wildman–Crippen LogP) is 4.24. The van der Waals surface area contributed by atoms with E-state index in [-0.39, 0.29) is 21.3 Å². The van der Waals surface area contributed by atoms with Crippen molar-refractivity contribution >= 4 is 22.5 Å². The molecular formula is C16H20ClFN2O. The van der Waals surface area contributed by atoms with Crippen LogP contribution in [0.25, 0.3) is 10.9 Å². The maximum atomic E-state index is 14.1. The highest BCUT2D eigenvalue weighted by atomic mass is 35.5. The van der Waals surface area contributed by atoms with Gasteiger partial charge in [-0.1, -0.05) is 32.4 Å². The number of rotatable bonds is 0. The second kappa shape index (κ2) is 4.80. The van der Waals surface area contributed by atoms with Crippen LogP contribution in [0.4, 0.5) is 4.39 Å². The molecule has 0 spiro atoms. The predicted molar refractivity (Wildman–Crippen MR) is 84.7 cm³/mol. The first-order valence-electron chi connectivity index (χ1n) is 6.86. The molecule has 21 heavy (non-hydrogen) atoms. The monoisotopic (exact) mass is 310 g/mol. The fourth-order valence-corrected chi connectivity index (χ4v) is 2.54. The van der Waals surface area contributed by atoms with Crippen molar-refractivity contribution in [2.75, 3.05) is 0 Å². The first kappa shape index (κ1) is 16.0. The van der Waals surface area contributed by atoms with Gasteiger partial charge >= 0.3 is 0 Å². The van der Waals surface area contributed by atoms with E-state index in [2.05, 4.69) is 4.98 Å². The molecule has 0 N–H and O–H groups in total. The number of halogens is 2. The number of hydrogen-bond acceptors (Lipinski definition) is 2. The molecule has 1 aromatic heterocycles. The summed E-state index contributed by atoms with van der Waals surface area (Å²) in [5.74, 6) is 0.00496. The number of nitrogens with zero attached hydrogens (tertiary/aromatic N) is 2. The Morgan fingerprint density at radius 3 is 2.19 bits per heavy atom. The van der Waals surface area contributed by atoms with Gasteiger partial charge < -0.3 is 0 Å². The average Bonchev–Trinajstić information content (AvgIpc) is 2.30. The van der Waals surface area contributed by atoms with Crippen LogP contribution in [0.15, 0.2) is 16.9 Å². The second-order valence-electron chi connectivity index (χ2n) is 7.25. The molecule has 0 bridgehead atoms. The van der Waals surface area contributed by atoms with E-state index in [0.717, 1.165) is 0 Å². The third-order valence-electron chi connectivity index (χ3n) is 3.27. The minimum atomic E-state index is -0.592. The van der Waals surface area contributed by atoms with E-state index in [1.165, 1.54) is 12.1 Å². The van der Waals surface area contributed by atoms with Gasteiger partial charge in [-0.15, -0.1) is 0 Å². The summed E-state index contributed by atoms with van der Waals surface area (Å²) in [5, 5.41) is 0.237. The molecule has 0 fully saturated rings. The fraction of sp³-hybridized carbons (Fsp3) is 0.500. The summed E-state index contributed by atoms with van der Waals surface area (Å²) in [7, 11) is 0. The van der Waals surface area contributed by atoms with Gasteiger partial charge in [0.25, 0.3) is 5.56 Å². The minimum Gasteiger partial charge on any atom is -0.290 e. The van der Waals surface area contributed by atoms with Crippen molar-refractivity contribution in [2.24, 2.45) is 0 Å². The van der Waals surface area contributed by atoms with Crippen LogP contribution in [0.5, 0.6) is 0 Å². The van der Waals surface area contributed by atoms with Crippen molar-refractivity contribution < 1.29 is 4.39 Å². The summed E-state index contributed by atoms with van der Waals surface area (Å²) in [6.45, 7) is 11.6. The van der Waals surface area contributed by atoms with Crippen LogP contribution < -0.4 is 5.56 Å². The molecule has 5 heteroatoms. The third-order valence-corrected chi connectivity index (χ3v) is 3.57. The number of fused-ring (bicyclic) bond motifs is 1. The molecule has 2 aromatic rings. The normalized spacial score (nSPS) is 13.0. The molecule has 0 radical (unpaired) electrons. The average molecular weight is 311 g/mol. The molecule has 0 aliphatic heterocycles. The van der Waals surface area contributed by atoms with Crippen LogP contribution in [0.1, 0.15) is 47.4 Å². The van der Waals surface area contributed by atoms with Crippen molar-refractivity contribution in [1.29, 1.82) is 0 Å². The summed E-state index contributed by atoms with van der Waals surface area (Å²) in [4.78, 5) is 17.4. The summed E-state index contributed by atoms with van der Waals surface area (Å²) in [6, 6.07) is 2.64. The zero-order chi connectivity index (χ0) is 16.2. The van der Waals surface area contributed by atoms with E-state index in [9.17, 15) is 9.18 Å². The lowest BCUT2D eigenvalue weighted by molar-refractivity contribution is 0.337. The lowest BCUT2D eigenvalue weighted by Crippen LogP contribution is -2.41. The second-order valence-corrected chi connectivity index (χ2v) is 7.66. The summed E-state index contributed by atoms with van der Waals surface area (Å²) in [5.41, 5.74) is -1.03. The van der Waals surface area contributed by atoms with Gasteiger partial charge in [0.15, 0.2) is 0 Å². The fourth-order valence-electron chi connectivity index (χ4n) is 2.34. The van der Waals surface area contributed by atoms with Crippen LogP contribution in [0.2, 0.25) is 5.02 Å². The molecule has 0 atom stereocenters. The van der Waals surface area contributed by atoms with Gasteiger partial charge in [0, 0.05) is 11.0 Å². The Morgan fingerprint density at radius 2 is 1.71 bits per heavy atom. The zero-order valence-corrected chi connectivity index (χ0v) is 14.0. The maximum Gasteiger partial charge on any atom is 0.264 e. The molecule has 1 heterocycles. The quantitative estimate of drug-likeness (QED) is 0.729. The largest absolute Gasteiger partial charge is 0.290 e. The van der Waals surface area contributed by atoms with Gasteiger partial charge in [-0.25, -0.2) is 9.37 Å². The van der Waals surface area contributed by atoms with E-state index in [4.69, 9.17) is 11.6 Å². The van der Waals surface area contributed by atoms with Gasteiger partial charge in [0.1, 0.15) is 17.0 Å². The number of hydrogen-bond donors (Lipinski definition) is 0. The Bertz CT molecular complexity index is 767. The molecular weight excluding hydrogens is 291 g/mol. The molecule has 0 amide bonds. The van der Waals surface area contributed by atoms with Crippen LogP contribution >= 0.6 is 11.6 Å². The van der Waals surface area contributed by atoms with E-state index in [1.807, 2.05) is 41.5 Å². The smallest absolute Gasteiger partial charge is 0.264 e. The standard InChI is InChI=1S/C16H20ClFN2O/c1-15(2,3)14-19-12-9(17)7-8-10(18)11(12)13(21)20(14)16(4,5)6/h7-8H,1-6H3. The molecule has 0 saturated carbocycles. The Morgan fingerprint density at radius 1 is 1.14 bits per heavy atom. The molecule has 0 saturated heterocycles. The van der Waals surface area contributed by atoms with Crippen LogP contribution in [-0.2, 0) is 11.0 Å². The molecule has 0 aliphatic carbocycles. The topological polar surface area (TPSA) is 34.9 Å². The zero-order valence-electron chi connectivity index (χ0n) is 13.2. The van der Waals surface area contributed by atoms with Crippen molar-refractivity contribution in [2.45, 2.75) is 52.5 Å². The van der Waals surface area contributed by atoms with Gasteiger partial charge in [-0.3, -0.25) is 9.36 Å². The van der Waals surface area contributed by atoms with Gasteiger partial charge in [-0.2, -0.15) is 0 Å². The van der Waals surface area contributed by atoms with E-state index in [0.29, 0.717) is 5.82 Å². The highest BCUT2D eigenvalue weighted by Gasteiger charge is 2.29. The van der Waals surface area contributed by atoms with E-state index >= 15 is 0 Å². The molecule has 2 rings (SSSR count). The van der Waals surface area contributed by atoms with Gasteiger partial charge in [-0.05, 0) is 32.9 Å². The molecule has 0 aliphatic rings. The highest BCUT2D eigenvalue weighted by Crippen LogP contribution is 2.29. The maximum absolute atomic E-state index is 14.1. The van der Waals surface area contributed by atoms with Crippen LogP contribution in [0.3, 0.4) is 0 Å². The lowest BCUT2D eigenvalue weighted by Gasteiger charge is -2.31. The molecule has 3 nitrogen and oxygen atoms in total. The van der Waals surface area contributed by atoms with Crippen LogP contribution in [-0.4, -0.2) is 9.55 Å². The van der Waals surface area contributed by atoms with Crippen molar-refractivity contribution in [3.05, 3.63) is 39.2 Å². The number of benzene rings is 1. The third kappa shape index (κ3) is 2.69. The van der Waals surface area contributed by atoms with Gasteiger partial charge in [0.2, 0.25) is 0 Å². The van der Waals surface area contributed by atoms with E-state index in [1.54, 1.807) is 4.57 Å². The number of aromatic nitrogens is 2. The Balaban J connectivity index is 3.11. The van der Waals surface area contributed by atoms with E-state index < -0.39 is 16.9 Å². The summed E-state index contributed by atoms with van der Waals surface area (Å²) in [6.07, 6.45) is 0. The molecule has 114 valence electrons. The summed E-state index contributed by atoms with van der Waals surface area (Å²) >= 11 is 6.11. The van der Waals surface area contributed by atoms with Crippen molar-refractivity contribution in [3.8, 4) is 0 Å². The summed E-state index contributed by atoms with van der Waals surface area (Å²) < 4.78 is 15.7. The first-order chi connectivity index (χ1) is 9.44. The Labute approximate surface area is 128 Å². The Hall–Kier alpha value is -1.42. The Kier molecular flexibility index (Phi) is 3.65. The highest BCUT2D eigenvalue weighted by molar-refractivity contribution is 6.35. The van der Waals surface area contributed by atoms with Crippen LogP contribution in [0, 0.1) is 5.82 Å². The van der Waals surface area contributed by atoms with Crippen molar-refractivity contribution in [3.63, 3.8) is 0 Å². The van der Waals surface area contributed by atoms with Gasteiger partial charge in [0.05, 0.1) is 10.5 Å². The first-order valence-corrected chi connectivity index (χ1v) is 7.24. The molecule has 0 unspecified atom stereocenters. The molecule has 1 aromatic carbocycles. The minimum absolute atomic E-state index is 0.0505.